The van der Waals surface area contributed by atoms with Gasteiger partial charge in [-0.3, -0.25) is 4.79 Å². The van der Waals surface area contributed by atoms with Crippen LogP contribution < -0.4 is 10.1 Å². The molecular weight excluding hydrogens is 523 g/mol. The van der Waals surface area contributed by atoms with E-state index in [1.54, 1.807) is 24.3 Å². The highest BCUT2D eigenvalue weighted by molar-refractivity contribution is 9.10. The van der Waals surface area contributed by atoms with Crippen molar-refractivity contribution in [2.45, 2.75) is 31.5 Å². The van der Waals surface area contributed by atoms with Crippen LogP contribution in [0.25, 0.3) is 10.9 Å². The largest absolute Gasteiger partial charge is 0.437 e. The van der Waals surface area contributed by atoms with Crippen molar-refractivity contribution in [3.05, 3.63) is 93.5 Å². The Kier molecular flexibility index (Phi) is 6.19. The van der Waals surface area contributed by atoms with Gasteiger partial charge in [0, 0.05) is 9.86 Å². The third-order valence-electron chi connectivity index (χ3n) is 5.97. The summed E-state index contributed by atoms with van der Waals surface area (Å²) in [4.78, 5) is 13.6. The fraction of sp³-hybridized carbons (Fsp3) is 0.192. The lowest BCUT2D eigenvalue weighted by molar-refractivity contribution is -0.137. The first-order valence-electron chi connectivity index (χ1n) is 11.0. The highest BCUT2D eigenvalue weighted by Crippen LogP contribution is 2.35. The smallest absolute Gasteiger partial charge is 0.416 e. The molecule has 1 N–H and O–H groups in total. The standard InChI is InChI=1S/C26H19BrF3N3O2/c27-17-12-11-15-5-3-10-21(20(15)14-17)31-24(34)23-19-8-1-2-9-22(19)32-33-25(23)35-18-7-4-6-16(13-18)26(28,29)30/h1-2,4,6-9,11-14,21H,3,5,10H2,(H,31,34). The minimum atomic E-state index is -4.53. The summed E-state index contributed by atoms with van der Waals surface area (Å²) in [5.41, 5.74) is 1.93. The second-order valence-electron chi connectivity index (χ2n) is 8.29. The number of benzene rings is 3. The van der Waals surface area contributed by atoms with E-state index in [9.17, 15) is 18.0 Å². The van der Waals surface area contributed by atoms with E-state index in [2.05, 4.69) is 31.4 Å². The fourth-order valence-electron chi connectivity index (χ4n) is 4.33. The van der Waals surface area contributed by atoms with Gasteiger partial charge in [-0.15, -0.1) is 10.2 Å². The lowest BCUT2D eigenvalue weighted by atomic mass is 9.87. The molecular formula is C26H19BrF3N3O2. The highest BCUT2D eigenvalue weighted by atomic mass is 79.9. The monoisotopic (exact) mass is 541 g/mol. The molecule has 0 saturated heterocycles. The molecule has 4 aromatic rings. The van der Waals surface area contributed by atoms with E-state index < -0.39 is 17.6 Å². The number of nitrogens with one attached hydrogen (secondary N) is 1. The number of aromatic nitrogens is 2. The molecule has 1 aromatic heterocycles. The zero-order valence-electron chi connectivity index (χ0n) is 18.3. The lowest BCUT2D eigenvalue weighted by Gasteiger charge is -2.27. The summed E-state index contributed by atoms with van der Waals surface area (Å²) in [7, 11) is 0. The molecule has 0 radical (unpaired) electrons. The second-order valence-corrected chi connectivity index (χ2v) is 9.20. The Bertz CT molecular complexity index is 1420. The van der Waals surface area contributed by atoms with E-state index in [1.165, 1.54) is 17.7 Å². The summed E-state index contributed by atoms with van der Waals surface area (Å²) in [5, 5.41) is 11.7. The van der Waals surface area contributed by atoms with Crippen LogP contribution in [0.15, 0.2) is 71.2 Å². The summed E-state index contributed by atoms with van der Waals surface area (Å²) in [6.07, 6.45) is -1.92. The van der Waals surface area contributed by atoms with Gasteiger partial charge in [0.2, 0.25) is 0 Å². The molecule has 0 bridgehead atoms. The van der Waals surface area contributed by atoms with Gasteiger partial charge in [-0.2, -0.15) is 13.2 Å². The summed E-state index contributed by atoms with van der Waals surface area (Å²) in [6, 6.07) is 17.2. The number of alkyl halides is 3. The molecule has 0 spiro atoms. The third kappa shape index (κ3) is 4.86. The van der Waals surface area contributed by atoms with E-state index in [1.807, 2.05) is 18.2 Å². The van der Waals surface area contributed by atoms with E-state index in [-0.39, 0.29) is 23.2 Å². The molecule has 178 valence electrons. The average Bonchev–Trinajstić information content (AvgIpc) is 2.84. The minimum absolute atomic E-state index is 0.0922. The average molecular weight is 542 g/mol. The predicted octanol–water partition coefficient (Wildman–Crippen LogP) is 7.01. The second kappa shape index (κ2) is 9.30. The minimum Gasteiger partial charge on any atom is -0.437 e. The molecule has 3 aromatic carbocycles. The Labute approximate surface area is 207 Å². The van der Waals surface area contributed by atoms with Crippen LogP contribution in [0.3, 0.4) is 0 Å². The molecule has 1 amide bonds. The number of ether oxygens (including phenoxy) is 1. The predicted molar refractivity (Wildman–Crippen MR) is 128 cm³/mol. The maximum absolute atomic E-state index is 13.6. The highest BCUT2D eigenvalue weighted by Gasteiger charge is 2.31. The first-order valence-corrected chi connectivity index (χ1v) is 11.8. The molecule has 0 aliphatic heterocycles. The first kappa shape index (κ1) is 23.3. The number of halogens is 4. The number of carbonyl (C=O) groups excluding carboxylic acids is 1. The van der Waals surface area contributed by atoms with Crippen LogP contribution in [-0.2, 0) is 12.6 Å². The maximum atomic E-state index is 13.6. The van der Waals surface area contributed by atoms with Crippen LogP contribution in [0.2, 0.25) is 0 Å². The van der Waals surface area contributed by atoms with Crippen molar-refractivity contribution < 1.29 is 22.7 Å². The third-order valence-corrected chi connectivity index (χ3v) is 6.46. The number of amides is 1. The van der Waals surface area contributed by atoms with Crippen molar-refractivity contribution in [2.24, 2.45) is 0 Å². The zero-order chi connectivity index (χ0) is 24.6. The normalized spacial score (nSPS) is 15.5. The summed E-state index contributed by atoms with van der Waals surface area (Å²) >= 11 is 3.50. The molecule has 1 unspecified atom stereocenters. The number of hydrogen-bond donors (Lipinski definition) is 1. The van der Waals surface area contributed by atoms with Crippen molar-refractivity contribution in [3.63, 3.8) is 0 Å². The number of hydrogen-bond acceptors (Lipinski definition) is 4. The van der Waals surface area contributed by atoms with Crippen LogP contribution in [0.5, 0.6) is 11.6 Å². The van der Waals surface area contributed by atoms with E-state index >= 15 is 0 Å². The van der Waals surface area contributed by atoms with Crippen molar-refractivity contribution in [1.82, 2.24) is 15.5 Å². The van der Waals surface area contributed by atoms with Crippen LogP contribution in [-0.4, -0.2) is 16.1 Å². The Hall–Kier alpha value is -3.46. The topological polar surface area (TPSA) is 64.1 Å². The van der Waals surface area contributed by atoms with Gasteiger partial charge in [0.15, 0.2) is 0 Å². The molecule has 0 saturated carbocycles. The van der Waals surface area contributed by atoms with Gasteiger partial charge in [-0.1, -0.05) is 46.3 Å². The Morgan fingerprint density at radius 2 is 1.86 bits per heavy atom. The van der Waals surface area contributed by atoms with Gasteiger partial charge in [-0.25, -0.2) is 0 Å². The Balaban J connectivity index is 1.53. The van der Waals surface area contributed by atoms with E-state index in [0.29, 0.717) is 10.9 Å². The van der Waals surface area contributed by atoms with E-state index in [0.717, 1.165) is 41.4 Å². The molecule has 5 nitrogen and oxygen atoms in total. The number of carbonyl (C=O) groups is 1. The van der Waals surface area contributed by atoms with Crippen LogP contribution >= 0.6 is 15.9 Å². The molecule has 0 fully saturated rings. The Morgan fingerprint density at radius 1 is 1.03 bits per heavy atom. The maximum Gasteiger partial charge on any atom is 0.416 e. The van der Waals surface area contributed by atoms with Crippen LogP contribution in [0.1, 0.15) is 45.9 Å². The number of fused-ring (bicyclic) bond motifs is 2. The molecule has 35 heavy (non-hydrogen) atoms. The van der Waals surface area contributed by atoms with Crippen molar-refractivity contribution in [3.8, 4) is 11.6 Å². The van der Waals surface area contributed by atoms with Crippen molar-refractivity contribution in [1.29, 1.82) is 0 Å². The molecule has 1 aliphatic rings. The SMILES string of the molecule is O=C(NC1CCCc2ccc(Br)cc21)c1c(Oc2cccc(C(F)(F)F)c2)nnc2ccccc12. The van der Waals surface area contributed by atoms with Gasteiger partial charge < -0.3 is 10.1 Å². The lowest BCUT2D eigenvalue weighted by Crippen LogP contribution is -2.31. The first-order chi connectivity index (χ1) is 16.8. The van der Waals surface area contributed by atoms with Crippen LogP contribution in [0.4, 0.5) is 13.2 Å². The molecule has 1 atom stereocenters. The molecule has 9 heteroatoms. The quantitative estimate of drug-likeness (QED) is 0.301. The fourth-order valence-corrected chi connectivity index (χ4v) is 4.70. The number of rotatable bonds is 4. The molecule has 1 aliphatic carbocycles. The van der Waals surface area contributed by atoms with Crippen molar-refractivity contribution >= 4 is 32.7 Å². The molecule has 5 rings (SSSR count). The molecule has 1 heterocycles. The number of nitrogens with zero attached hydrogens (tertiary/aromatic N) is 2. The van der Waals surface area contributed by atoms with E-state index in [4.69, 9.17) is 4.74 Å². The van der Waals surface area contributed by atoms with Gasteiger partial charge in [0.25, 0.3) is 11.8 Å². The van der Waals surface area contributed by atoms with Gasteiger partial charge >= 0.3 is 6.18 Å². The van der Waals surface area contributed by atoms with Gasteiger partial charge in [-0.05, 0) is 66.8 Å². The summed E-state index contributed by atoms with van der Waals surface area (Å²) < 4.78 is 46.2. The zero-order valence-corrected chi connectivity index (χ0v) is 19.9. The van der Waals surface area contributed by atoms with Crippen molar-refractivity contribution in [2.75, 3.05) is 0 Å². The Morgan fingerprint density at radius 3 is 2.69 bits per heavy atom. The summed E-state index contributed by atoms with van der Waals surface area (Å²) in [6.45, 7) is 0. The van der Waals surface area contributed by atoms with Crippen LogP contribution in [0, 0.1) is 0 Å². The summed E-state index contributed by atoms with van der Waals surface area (Å²) in [5.74, 6) is -0.688. The number of aryl methyl sites for hydroxylation is 1. The van der Waals surface area contributed by atoms with Gasteiger partial charge in [0.1, 0.15) is 11.3 Å². The van der Waals surface area contributed by atoms with Gasteiger partial charge in [0.05, 0.1) is 17.1 Å².